The maximum absolute atomic E-state index is 12.4. The summed E-state index contributed by atoms with van der Waals surface area (Å²) in [6.07, 6.45) is 1.37. The van der Waals surface area contributed by atoms with Gasteiger partial charge in [-0.15, -0.1) is 0 Å². The Kier molecular flexibility index (Phi) is 5.60. The fourth-order valence-electron chi connectivity index (χ4n) is 3.55. The van der Waals surface area contributed by atoms with Crippen LogP contribution in [0, 0.1) is 0 Å². The Morgan fingerprint density at radius 1 is 1.14 bits per heavy atom. The SMILES string of the molecule is O=C(NC(=S)N1CC(N2CCCC2=O)C(c2ccc(Cl)cc2)=N1)c1ccccc1. The van der Waals surface area contributed by atoms with Crippen LogP contribution in [0.4, 0.5) is 0 Å². The fraction of sp³-hybridized carbons (Fsp3) is 0.238. The van der Waals surface area contributed by atoms with E-state index in [0.717, 1.165) is 17.7 Å². The zero-order valence-corrected chi connectivity index (χ0v) is 17.1. The van der Waals surface area contributed by atoms with Crippen molar-refractivity contribution in [3.8, 4) is 0 Å². The van der Waals surface area contributed by atoms with E-state index in [2.05, 4.69) is 10.4 Å². The fourth-order valence-corrected chi connectivity index (χ4v) is 3.89. The number of nitrogens with zero attached hydrogens (tertiary/aromatic N) is 3. The molecule has 6 nitrogen and oxygen atoms in total. The van der Waals surface area contributed by atoms with Crippen LogP contribution in [0.2, 0.25) is 5.02 Å². The van der Waals surface area contributed by atoms with Crippen molar-refractivity contribution in [2.45, 2.75) is 18.9 Å². The van der Waals surface area contributed by atoms with Crippen LogP contribution in [-0.4, -0.2) is 51.7 Å². The van der Waals surface area contributed by atoms with Crippen molar-refractivity contribution in [3.63, 3.8) is 0 Å². The minimum absolute atomic E-state index is 0.109. The molecule has 1 atom stereocenters. The van der Waals surface area contributed by atoms with Crippen LogP contribution in [0.1, 0.15) is 28.8 Å². The molecule has 0 spiro atoms. The molecule has 1 fully saturated rings. The predicted octanol–water partition coefficient (Wildman–Crippen LogP) is 3.07. The van der Waals surface area contributed by atoms with Gasteiger partial charge in [-0.3, -0.25) is 14.9 Å². The Bertz CT molecular complexity index is 978. The van der Waals surface area contributed by atoms with Gasteiger partial charge in [0.1, 0.15) is 0 Å². The van der Waals surface area contributed by atoms with E-state index in [1.165, 1.54) is 0 Å². The smallest absolute Gasteiger partial charge is 0.257 e. The second-order valence-electron chi connectivity index (χ2n) is 6.91. The maximum Gasteiger partial charge on any atom is 0.257 e. The second-order valence-corrected chi connectivity index (χ2v) is 7.73. The number of thiocarbonyl (C=S) groups is 1. The maximum atomic E-state index is 12.4. The number of likely N-dealkylation sites (tertiary alicyclic amines) is 1. The number of halogens is 1. The Labute approximate surface area is 179 Å². The molecule has 8 heteroatoms. The molecule has 4 rings (SSSR count). The van der Waals surface area contributed by atoms with Gasteiger partial charge in [-0.25, -0.2) is 5.01 Å². The van der Waals surface area contributed by atoms with Crippen molar-refractivity contribution in [2.75, 3.05) is 13.1 Å². The summed E-state index contributed by atoms with van der Waals surface area (Å²) in [5, 5.41) is 9.80. The number of hydrogen-bond acceptors (Lipinski definition) is 4. The largest absolute Gasteiger partial charge is 0.332 e. The van der Waals surface area contributed by atoms with Crippen LogP contribution in [0.3, 0.4) is 0 Å². The van der Waals surface area contributed by atoms with Crippen LogP contribution in [0.25, 0.3) is 0 Å². The standard InChI is InChI=1S/C21H19ClN4O2S/c22-16-10-8-14(9-11-16)19-17(25-12-4-7-18(25)27)13-26(24-19)21(29)23-20(28)15-5-2-1-3-6-15/h1-3,5-6,8-11,17H,4,7,12-13H2,(H,23,28,29). The van der Waals surface area contributed by atoms with Gasteiger partial charge in [-0.05, 0) is 42.9 Å². The molecule has 29 heavy (non-hydrogen) atoms. The summed E-state index contributed by atoms with van der Waals surface area (Å²) in [5.74, 6) is -0.183. The minimum Gasteiger partial charge on any atom is -0.332 e. The molecule has 1 unspecified atom stereocenters. The van der Waals surface area contributed by atoms with E-state index in [-0.39, 0.29) is 23.0 Å². The number of benzene rings is 2. The highest BCUT2D eigenvalue weighted by molar-refractivity contribution is 7.80. The molecule has 1 N–H and O–H groups in total. The topological polar surface area (TPSA) is 65.0 Å². The highest BCUT2D eigenvalue weighted by Crippen LogP contribution is 2.24. The molecule has 1 saturated heterocycles. The molecular formula is C21H19ClN4O2S. The van der Waals surface area contributed by atoms with Crippen LogP contribution >= 0.6 is 23.8 Å². The third-order valence-corrected chi connectivity index (χ3v) is 5.57. The summed E-state index contributed by atoms with van der Waals surface area (Å²) in [4.78, 5) is 26.6. The first-order chi connectivity index (χ1) is 14.0. The van der Waals surface area contributed by atoms with Gasteiger partial charge in [-0.2, -0.15) is 5.10 Å². The Hall–Kier alpha value is -2.77. The molecule has 148 valence electrons. The number of rotatable bonds is 3. The normalized spacial score (nSPS) is 18.7. The van der Waals surface area contributed by atoms with Crippen LogP contribution in [-0.2, 0) is 4.79 Å². The lowest BCUT2D eigenvalue weighted by molar-refractivity contribution is -0.128. The quantitative estimate of drug-likeness (QED) is 0.766. The number of nitrogens with one attached hydrogen (secondary N) is 1. The first kappa shape index (κ1) is 19.5. The minimum atomic E-state index is -0.292. The van der Waals surface area contributed by atoms with Crippen molar-refractivity contribution in [1.82, 2.24) is 15.2 Å². The van der Waals surface area contributed by atoms with E-state index >= 15 is 0 Å². The Morgan fingerprint density at radius 2 is 1.86 bits per heavy atom. The van der Waals surface area contributed by atoms with Gasteiger partial charge < -0.3 is 4.90 Å². The van der Waals surface area contributed by atoms with Crippen LogP contribution < -0.4 is 5.32 Å². The molecule has 0 bridgehead atoms. The average molecular weight is 427 g/mol. The van der Waals surface area contributed by atoms with Crippen molar-refractivity contribution in [2.24, 2.45) is 5.10 Å². The van der Waals surface area contributed by atoms with Crippen LogP contribution in [0.5, 0.6) is 0 Å². The van der Waals surface area contributed by atoms with Gasteiger partial charge in [-0.1, -0.05) is 41.9 Å². The molecule has 2 aliphatic rings. The molecule has 2 heterocycles. The van der Waals surface area contributed by atoms with E-state index in [0.29, 0.717) is 30.1 Å². The average Bonchev–Trinajstić information content (AvgIpc) is 3.35. The first-order valence-electron chi connectivity index (χ1n) is 9.35. The zero-order valence-electron chi connectivity index (χ0n) is 15.5. The molecule has 2 amide bonds. The summed E-state index contributed by atoms with van der Waals surface area (Å²) in [6, 6.07) is 16.0. The Morgan fingerprint density at radius 3 is 2.52 bits per heavy atom. The van der Waals surface area contributed by atoms with E-state index in [4.69, 9.17) is 23.8 Å². The number of hydrogen-bond donors (Lipinski definition) is 1. The highest BCUT2D eigenvalue weighted by Gasteiger charge is 2.38. The Balaban J connectivity index is 1.57. The molecule has 0 saturated carbocycles. The summed E-state index contributed by atoms with van der Waals surface area (Å²) in [7, 11) is 0. The molecule has 0 aromatic heterocycles. The summed E-state index contributed by atoms with van der Waals surface area (Å²) in [6.45, 7) is 1.09. The van der Waals surface area contributed by atoms with E-state index < -0.39 is 0 Å². The van der Waals surface area contributed by atoms with Gasteiger partial charge in [0.15, 0.2) is 5.11 Å². The number of amides is 2. The molecule has 2 aliphatic heterocycles. The first-order valence-corrected chi connectivity index (χ1v) is 10.1. The van der Waals surface area contributed by atoms with E-state index in [1.54, 1.807) is 41.4 Å². The summed E-state index contributed by atoms with van der Waals surface area (Å²) < 4.78 is 0. The second kappa shape index (κ2) is 8.31. The van der Waals surface area contributed by atoms with Gasteiger partial charge in [0.25, 0.3) is 5.91 Å². The molecule has 0 radical (unpaired) electrons. The lowest BCUT2D eigenvalue weighted by Gasteiger charge is -2.25. The summed E-state index contributed by atoms with van der Waals surface area (Å²) in [5.41, 5.74) is 2.13. The van der Waals surface area contributed by atoms with Gasteiger partial charge in [0, 0.05) is 29.1 Å². The van der Waals surface area contributed by atoms with E-state index in [9.17, 15) is 9.59 Å². The van der Waals surface area contributed by atoms with Crippen molar-refractivity contribution in [1.29, 1.82) is 0 Å². The van der Waals surface area contributed by atoms with Gasteiger partial charge >= 0.3 is 0 Å². The number of carbonyl (C=O) groups is 2. The zero-order chi connectivity index (χ0) is 20.4. The van der Waals surface area contributed by atoms with Gasteiger partial charge in [0.05, 0.1) is 18.3 Å². The van der Waals surface area contributed by atoms with Crippen molar-refractivity contribution >= 4 is 46.5 Å². The lowest BCUT2D eigenvalue weighted by atomic mass is 10.0. The monoisotopic (exact) mass is 426 g/mol. The van der Waals surface area contributed by atoms with E-state index in [1.807, 2.05) is 23.1 Å². The van der Waals surface area contributed by atoms with Gasteiger partial charge in [0.2, 0.25) is 5.91 Å². The van der Waals surface area contributed by atoms with Crippen LogP contribution in [0.15, 0.2) is 59.7 Å². The number of hydrazone groups is 1. The lowest BCUT2D eigenvalue weighted by Crippen LogP contribution is -2.46. The van der Waals surface area contributed by atoms with Crippen molar-refractivity contribution in [3.05, 3.63) is 70.7 Å². The molecule has 0 aliphatic carbocycles. The highest BCUT2D eigenvalue weighted by atomic mass is 35.5. The predicted molar refractivity (Wildman–Crippen MR) is 116 cm³/mol. The molecular weight excluding hydrogens is 408 g/mol. The number of carbonyl (C=O) groups excluding carboxylic acids is 2. The van der Waals surface area contributed by atoms with Crippen molar-refractivity contribution < 1.29 is 9.59 Å². The third kappa shape index (κ3) is 4.16. The molecule has 2 aromatic rings. The molecule has 2 aromatic carbocycles. The summed E-state index contributed by atoms with van der Waals surface area (Å²) >= 11 is 11.4. The third-order valence-electron chi connectivity index (χ3n) is 5.01.